The van der Waals surface area contributed by atoms with Gasteiger partial charge in [0.2, 0.25) is 0 Å². The van der Waals surface area contributed by atoms with Crippen molar-refractivity contribution in [2.75, 3.05) is 11.9 Å². The van der Waals surface area contributed by atoms with Crippen molar-refractivity contribution in [1.82, 2.24) is 4.90 Å². The zero-order valence-electron chi connectivity index (χ0n) is 14.7. The van der Waals surface area contributed by atoms with Crippen molar-refractivity contribution in [2.45, 2.75) is 19.0 Å². The highest BCUT2D eigenvalue weighted by Gasteiger charge is 2.36. The molecule has 130 valence electrons. The van der Waals surface area contributed by atoms with E-state index in [4.69, 9.17) is 0 Å². The third kappa shape index (κ3) is 2.66. The summed E-state index contributed by atoms with van der Waals surface area (Å²) in [5.74, 6) is 0.109. The fourth-order valence-corrected chi connectivity index (χ4v) is 3.88. The fourth-order valence-electron chi connectivity index (χ4n) is 3.88. The molecule has 0 bridgehead atoms. The first-order valence-electron chi connectivity index (χ1n) is 8.95. The van der Waals surface area contributed by atoms with Gasteiger partial charge < -0.3 is 10.2 Å². The average Bonchev–Trinajstić information content (AvgIpc) is 2.67. The first-order chi connectivity index (χ1) is 12.7. The van der Waals surface area contributed by atoms with E-state index in [0.717, 1.165) is 30.6 Å². The number of fused-ring (bicyclic) bond motifs is 4. The van der Waals surface area contributed by atoms with Crippen LogP contribution in [0.25, 0.3) is 5.57 Å². The minimum Gasteiger partial charge on any atom is -0.361 e. The minimum atomic E-state index is -0.0959. The van der Waals surface area contributed by atoms with Gasteiger partial charge in [-0.2, -0.15) is 0 Å². The van der Waals surface area contributed by atoms with Crippen LogP contribution >= 0.6 is 0 Å². The summed E-state index contributed by atoms with van der Waals surface area (Å²) in [4.78, 5) is 14.8. The predicted molar refractivity (Wildman–Crippen MR) is 107 cm³/mol. The van der Waals surface area contributed by atoms with Crippen molar-refractivity contribution in [3.8, 4) is 0 Å². The number of nitrogens with zero attached hydrogens (tertiary/aromatic N) is 1. The molecule has 0 aliphatic carbocycles. The van der Waals surface area contributed by atoms with E-state index in [2.05, 4.69) is 36.7 Å². The third-order valence-corrected chi connectivity index (χ3v) is 5.14. The van der Waals surface area contributed by atoms with E-state index in [9.17, 15) is 4.79 Å². The molecule has 2 aliphatic heterocycles. The van der Waals surface area contributed by atoms with Crippen LogP contribution in [0.5, 0.6) is 0 Å². The highest BCUT2D eigenvalue weighted by Crippen LogP contribution is 2.38. The Balaban J connectivity index is 1.73. The van der Waals surface area contributed by atoms with E-state index in [1.807, 2.05) is 47.4 Å². The van der Waals surface area contributed by atoms with E-state index in [0.29, 0.717) is 0 Å². The van der Waals surface area contributed by atoms with Gasteiger partial charge in [-0.25, -0.2) is 0 Å². The van der Waals surface area contributed by atoms with Crippen LogP contribution < -0.4 is 5.32 Å². The van der Waals surface area contributed by atoms with Gasteiger partial charge in [-0.1, -0.05) is 55.1 Å². The number of anilines is 1. The summed E-state index contributed by atoms with van der Waals surface area (Å²) in [6.45, 7) is 8.39. The average molecular weight is 342 g/mol. The summed E-state index contributed by atoms with van der Waals surface area (Å²) in [5.41, 5.74) is 6.54. The first-order valence-corrected chi connectivity index (χ1v) is 8.95. The van der Waals surface area contributed by atoms with Crippen molar-refractivity contribution >= 4 is 17.2 Å². The smallest absolute Gasteiger partial charge is 0.257 e. The number of nitrogens with one attached hydrogen (secondary N) is 1. The van der Waals surface area contributed by atoms with Crippen molar-refractivity contribution in [1.29, 1.82) is 0 Å². The summed E-state index contributed by atoms with van der Waals surface area (Å²) < 4.78 is 0. The van der Waals surface area contributed by atoms with E-state index in [1.54, 1.807) is 0 Å². The summed E-state index contributed by atoms with van der Waals surface area (Å²) >= 11 is 0. The Morgan fingerprint density at radius 1 is 1.23 bits per heavy atom. The second-order valence-electron chi connectivity index (χ2n) is 6.68. The number of carbonyl (C=O) groups is 1. The van der Waals surface area contributed by atoms with Gasteiger partial charge in [0.25, 0.3) is 5.91 Å². The first kappa shape index (κ1) is 16.4. The molecule has 0 saturated carbocycles. The lowest BCUT2D eigenvalue weighted by molar-refractivity contribution is 0.0670. The Morgan fingerprint density at radius 2 is 2.08 bits per heavy atom. The van der Waals surface area contributed by atoms with Crippen LogP contribution in [0, 0.1) is 0 Å². The molecule has 3 nitrogen and oxygen atoms in total. The zero-order valence-corrected chi connectivity index (χ0v) is 14.7. The van der Waals surface area contributed by atoms with Crippen molar-refractivity contribution in [3.05, 3.63) is 96.1 Å². The molecule has 2 aromatic rings. The van der Waals surface area contributed by atoms with Gasteiger partial charge in [0.1, 0.15) is 6.17 Å². The number of amides is 1. The second kappa shape index (κ2) is 6.68. The number of rotatable bonds is 4. The molecule has 0 saturated heterocycles. The molecular formula is C23H22N2O. The van der Waals surface area contributed by atoms with Gasteiger partial charge in [-0.15, -0.1) is 6.58 Å². The highest BCUT2D eigenvalue weighted by atomic mass is 16.2. The molecule has 1 amide bonds. The van der Waals surface area contributed by atoms with E-state index < -0.39 is 0 Å². The van der Waals surface area contributed by atoms with Crippen LogP contribution in [0.3, 0.4) is 0 Å². The van der Waals surface area contributed by atoms with Crippen LogP contribution in [0.1, 0.15) is 39.6 Å². The molecule has 3 heteroatoms. The molecule has 2 aliphatic rings. The lowest BCUT2D eigenvalue weighted by Crippen LogP contribution is -2.46. The summed E-state index contributed by atoms with van der Waals surface area (Å²) in [5, 5.41) is 3.54. The molecule has 0 fully saturated rings. The van der Waals surface area contributed by atoms with Gasteiger partial charge in [-0.3, -0.25) is 4.79 Å². The Hall–Kier alpha value is -3.07. The van der Waals surface area contributed by atoms with E-state index >= 15 is 0 Å². The van der Waals surface area contributed by atoms with Crippen LogP contribution in [0.15, 0.2) is 73.9 Å². The standard InChI is InChI=1S/C23H22N2O/c1-3-7-16(8-4-2)17-11-12-19-18(15-17)13-14-25-22(19)24-21-10-6-5-9-20(21)23(25)26/h3-7,9-12,15,22,24H,1-2,8,13-14H2/b16-7+. The van der Waals surface area contributed by atoms with Crippen molar-refractivity contribution < 1.29 is 4.79 Å². The minimum absolute atomic E-state index is 0.0959. The topological polar surface area (TPSA) is 32.3 Å². The second-order valence-corrected chi connectivity index (χ2v) is 6.68. The summed E-state index contributed by atoms with van der Waals surface area (Å²) in [6, 6.07) is 14.3. The Bertz CT molecular complexity index is 926. The maximum absolute atomic E-state index is 12.9. The number of para-hydroxylation sites is 1. The van der Waals surface area contributed by atoms with Crippen LogP contribution in [0.2, 0.25) is 0 Å². The highest BCUT2D eigenvalue weighted by molar-refractivity contribution is 6.02. The van der Waals surface area contributed by atoms with Crippen molar-refractivity contribution in [2.24, 2.45) is 0 Å². The van der Waals surface area contributed by atoms with Gasteiger partial charge in [0.15, 0.2) is 0 Å². The van der Waals surface area contributed by atoms with Crippen molar-refractivity contribution in [3.63, 3.8) is 0 Å². The summed E-state index contributed by atoms with van der Waals surface area (Å²) in [6.07, 6.45) is 7.35. The molecule has 1 N–H and O–H groups in total. The molecule has 1 unspecified atom stereocenters. The van der Waals surface area contributed by atoms with E-state index in [-0.39, 0.29) is 12.1 Å². The molecule has 1 atom stereocenters. The quantitative estimate of drug-likeness (QED) is 0.629. The molecule has 4 rings (SSSR count). The van der Waals surface area contributed by atoms with Gasteiger partial charge in [0.05, 0.1) is 5.56 Å². The number of hydrogen-bond donors (Lipinski definition) is 1. The lowest BCUT2D eigenvalue weighted by atomic mass is 9.90. The number of hydrogen-bond acceptors (Lipinski definition) is 2. The largest absolute Gasteiger partial charge is 0.361 e. The normalized spacial score (nSPS) is 18.3. The van der Waals surface area contributed by atoms with Gasteiger partial charge >= 0.3 is 0 Å². The summed E-state index contributed by atoms with van der Waals surface area (Å²) in [7, 11) is 0. The number of benzene rings is 2. The zero-order chi connectivity index (χ0) is 18.1. The van der Waals surface area contributed by atoms with Gasteiger partial charge in [0, 0.05) is 12.2 Å². The maximum Gasteiger partial charge on any atom is 0.257 e. The Morgan fingerprint density at radius 3 is 2.88 bits per heavy atom. The molecule has 26 heavy (non-hydrogen) atoms. The maximum atomic E-state index is 12.9. The molecular weight excluding hydrogens is 320 g/mol. The third-order valence-electron chi connectivity index (χ3n) is 5.14. The molecule has 0 spiro atoms. The van der Waals surface area contributed by atoms with E-state index in [1.165, 1.54) is 22.3 Å². The van der Waals surface area contributed by atoms with Crippen LogP contribution in [0.4, 0.5) is 5.69 Å². The predicted octanol–water partition coefficient (Wildman–Crippen LogP) is 4.95. The molecule has 0 radical (unpaired) electrons. The van der Waals surface area contributed by atoms with Crippen LogP contribution in [-0.4, -0.2) is 17.4 Å². The lowest BCUT2D eigenvalue weighted by Gasteiger charge is -2.42. The fraction of sp³-hybridized carbons (Fsp3) is 0.174. The SMILES string of the molecule is C=C/C=C(\CC=C)c1ccc2c(c1)CCN1C(=O)c3ccccc3NC21. The number of carbonyl (C=O) groups excluding carboxylic acids is 1. The van der Waals surface area contributed by atoms with Crippen LogP contribution in [-0.2, 0) is 6.42 Å². The monoisotopic (exact) mass is 342 g/mol. The number of allylic oxidation sites excluding steroid dienone is 4. The Kier molecular flexibility index (Phi) is 4.21. The molecule has 0 aromatic heterocycles. The Labute approximate surface area is 154 Å². The molecule has 2 heterocycles. The molecule has 2 aromatic carbocycles. The van der Waals surface area contributed by atoms with Gasteiger partial charge in [-0.05, 0) is 47.2 Å².